The van der Waals surface area contributed by atoms with Crippen LogP contribution in [-0.2, 0) is 6.42 Å². The number of rotatable bonds is 7. The summed E-state index contributed by atoms with van der Waals surface area (Å²) in [6.07, 6.45) is 2.07. The van der Waals surface area contributed by atoms with Crippen molar-refractivity contribution in [3.8, 4) is 11.5 Å². The normalized spacial score (nSPS) is 11.5. The number of hydrogen-bond donors (Lipinski definition) is 1. The highest BCUT2D eigenvalue weighted by Gasteiger charge is 2.12. The second-order valence-electron chi connectivity index (χ2n) is 6.61. The van der Waals surface area contributed by atoms with Gasteiger partial charge in [0.15, 0.2) is 17.3 Å². The Morgan fingerprint density at radius 2 is 1.94 bits per heavy atom. The first-order valence-corrected chi connectivity index (χ1v) is 9.76. The molecular weight excluding hydrogens is 422 g/mol. The van der Waals surface area contributed by atoms with Crippen molar-refractivity contribution in [1.29, 1.82) is 0 Å². The van der Waals surface area contributed by atoms with Gasteiger partial charge in [0.05, 0.1) is 13.3 Å². The van der Waals surface area contributed by atoms with Crippen LogP contribution >= 0.6 is 12.2 Å². The minimum absolute atomic E-state index is 0.0498. The summed E-state index contributed by atoms with van der Waals surface area (Å²) in [7, 11) is 1.38. The fraction of sp³-hybridized carbons (Fsp3) is 0.136. The summed E-state index contributed by atoms with van der Waals surface area (Å²) in [5, 5.41) is 13.8. The van der Waals surface area contributed by atoms with Gasteiger partial charge in [0, 0.05) is 6.42 Å². The van der Waals surface area contributed by atoms with Crippen molar-refractivity contribution in [2.45, 2.75) is 13.0 Å². The van der Waals surface area contributed by atoms with Gasteiger partial charge in [-0.1, -0.05) is 42.5 Å². The van der Waals surface area contributed by atoms with Crippen molar-refractivity contribution in [2.75, 3.05) is 7.11 Å². The summed E-state index contributed by atoms with van der Waals surface area (Å²) in [6, 6.07) is 18.8. The predicted molar refractivity (Wildman–Crippen MR) is 117 cm³/mol. The Labute approximate surface area is 181 Å². The third-order valence-electron chi connectivity index (χ3n) is 4.67. The molecule has 0 bridgehead atoms. The summed E-state index contributed by atoms with van der Waals surface area (Å²) in [4.78, 5) is 0. The van der Waals surface area contributed by atoms with E-state index in [1.807, 2.05) is 24.3 Å². The molecule has 0 fully saturated rings. The van der Waals surface area contributed by atoms with E-state index >= 15 is 0 Å². The molecule has 0 saturated carbocycles. The number of nitrogens with one attached hydrogen (secondary N) is 1. The number of ether oxygens (including phenoxy) is 2. The molecule has 0 atom stereocenters. The summed E-state index contributed by atoms with van der Waals surface area (Å²) in [5.41, 5.74) is 1.72. The van der Waals surface area contributed by atoms with Gasteiger partial charge in [0.25, 0.3) is 0 Å². The van der Waals surface area contributed by atoms with Crippen LogP contribution in [0.1, 0.15) is 17.0 Å². The number of fused-ring (bicyclic) bond motifs is 1. The number of aromatic amines is 1. The van der Waals surface area contributed by atoms with Crippen LogP contribution in [0.4, 0.5) is 8.78 Å². The van der Waals surface area contributed by atoms with Gasteiger partial charge in [0.1, 0.15) is 0 Å². The number of H-pyrrole nitrogens is 1. The molecule has 6 nitrogen and oxygen atoms in total. The van der Waals surface area contributed by atoms with Crippen LogP contribution in [0.25, 0.3) is 10.8 Å². The summed E-state index contributed by atoms with van der Waals surface area (Å²) in [6.45, 7) is -2.94. The minimum Gasteiger partial charge on any atom is -0.493 e. The molecule has 4 rings (SSSR count). The molecule has 31 heavy (non-hydrogen) atoms. The second kappa shape index (κ2) is 9.05. The van der Waals surface area contributed by atoms with Crippen LogP contribution in [0.15, 0.2) is 65.8 Å². The molecular formula is C22H18F2N4O2S. The van der Waals surface area contributed by atoms with Crippen LogP contribution in [0.5, 0.6) is 11.5 Å². The maximum Gasteiger partial charge on any atom is 0.387 e. The van der Waals surface area contributed by atoms with E-state index in [-0.39, 0.29) is 11.5 Å². The van der Waals surface area contributed by atoms with Gasteiger partial charge in [-0.3, -0.25) is 5.10 Å². The minimum atomic E-state index is -2.94. The van der Waals surface area contributed by atoms with E-state index in [0.29, 0.717) is 22.6 Å². The highest BCUT2D eigenvalue weighted by Crippen LogP contribution is 2.29. The molecule has 1 heterocycles. The van der Waals surface area contributed by atoms with E-state index in [1.54, 1.807) is 18.3 Å². The number of aromatic nitrogens is 3. The Morgan fingerprint density at radius 1 is 1.13 bits per heavy atom. The number of halogens is 2. The molecule has 3 aromatic carbocycles. The highest BCUT2D eigenvalue weighted by molar-refractivity contribution is 7.71. The van der Waals surface area contributed by atoms with Crippen molar-refractivity contribution < 1.29 is 18.3 Å². The summed E-state index contributed by atoms with van der Waals surface area (Å²) >= 11 is 5.32. The maximum atomic E-state index is 12.5. The van der Waals surface area contributed by atoms with Crippen LogP contribution < -0.4 is 9.47 Å². The second-order valence-corrected chi connectivity index (χ2v) is 6.99. The Balaban J connectivity index is 1.63. The fourth-order valence-electron chi connectivity index (χ4n) is 3.26. The Bertz CT molecular complexity index is 1290. The Kier molecular flexibility index (Phi) is 6.03. The fourth-order valence-corrected chi connectivity index (χ4v) is 3.46. The first-order chi connectivity index (χ1) is 15.0. The zero-order valence-electron chi connectivity index (χ0n) is 16.5. The van der Waals surface area contributed by atoms with E-state index in [1.165, 1.54) is 17.9 Å². The number of nitrogens with zero attached hydrogens (tertiary/aromatic N) is 3. The molecule has 1 aromatic heterocycles. The third-order valence-corrected chi connectivity index (χ3v) is 4.94. The first kappa shape index (κ1) is 20.7. The van der Waals surface area contributed by atoms with E-state index in [4.69, 9.17) is 17.0 Å². The van der Waals surface area contributed by atoms with Crippen LogP contribution in [0.3, 0.4) is 0 Å². The van der Waals surface area contributed by atoms with Crippen molar-refractivity contribution in [3.63, 3.8) is 0 Å². The molecule has 0 saturated heterocycles. The van der Waals surface area contributed by atoms with Crippen molar-refractivity contribution in [2.24, 2.45) is 5.10 Å². The number of benzene rings is 3. The average Bonchev–Trinajstić information content (AvgIpc) is 3.12. The van der Waals surface area contributed by atoms with E-state index in [2.05, 4.69) is 38.2 Å². The van der Waals surface area contributed by atoms with Gasteiger partial charge in [-0.25, -0.2) is 0 Å². The van der Waals surface area contributed by atoms with Gasteiger partial charge in [-0.05, 0) is 52.3 Å². The smallest absolute Gasteiger partial charge is 0.387 e. The molecule has 0 amide bonds. The zero-order valence-corrected chi connectivity index (χ0v) is 17.3. The lowest BCUT2D eigenvalue weighted by Gasteiger charge is -2.10. The van der Waals surface area contributed by atoms with Crippen molar-refractivity contribution in [3.05, 3.63) is 82.4 Å². The Hall–Kier alpha value is -3.59. The lowest BCUT2D eigenvalue weighted by Crippen LogP contribution is -2.04. The standard InChI is InChI=1S/C22H18F2N4O2S/c1-29-19-11-14(9-10-18(19)30-21(23)24)13-25-28-20(26-27-22(28)31)12-16-7-4-6-15-5-2-3-8-17(15)16/h2-11,13,21H,12H2,1H3,(H,27,31). The largest absolute Gasteiger partial charge is 0.493 e. The molecule has 0 spiro atoms. The van der Waals surface area contributed by atoms with Crippen molar-refractivity contribution in [1.82, 2.24) is 14.9 Å². The van der Waals surface area contributed by atoms with Gasteiger partial charge in [0.2, 0.25) is 4.77 Å². The molecule has 1 N–H and O–H groups in total. The van der Waals surface area contributed by atoms with E-state index in [9.17, 15) is 8.78 Å². The van der Waals surface area contributed by atoms with Crippen LogP contribution in [0, 0.1) is 4.77 Å². The lowest BCUT2D eigenvalue weighted by molar-refractivity contribution is -0.0512. The van der Waals surface area contributed by atoms with E-state index < -0.39 is 6.61 Å². The molecule has 0 unspecified atom stereocenters. The average molecular weight is 440 g/mol. The van der Waals surface area contributed by atoms with Gasteiger partial charge < -0.3 is 9.47 Å². The number of hydrogen-bond acceptors (Lipinski definition) is 5. The van der Waals surface area contributed by atoms with Gasteiger partial charge >= 0.3 is 6.61 Å². The maximum absolute atomic E-state index is 12.5. The summed E-state index contributed by atoms with van der Waals surface area (Å²) < 4.78 is 36.5. The summed E-state index contributed by atoms with van der Waals surface area (Å²) in [5.74, 6) is 0.768. The van der Waals surface area contributed by atoms with Crippen LogP contribution in [-0.4, -0.2) is 34.8 Å². The van der Waals surface area contributed by atoms with Crippen molar-refractivity contribution >= 4 is 29.2 Å². The topological polar surface area (TPSA) is 64.4 Å². The monoisotopic (exact) mass is 440 g/mol. The first-order valence-electron chi connectivity index (χ1n) is 9.35. The quantitative estimate of drug-likeness (QED) is 0.318. The molecule has 0 radical (unpaired) electrons. The molecule has 4 aromatic rings. The Morgan fingerprint density at radius 3 is 2.74 bits per heavy atom. The molecule has 0 aliphatic rings. The lowest BCUT2D eigenvalue weighted by atomic mass is 10.0. The molecule has 0 aliphatic heterocycles. The molecule has 9 heteroatoms. The number of alkyl halides is 2. The number of methoxy groups -OCH3 is 1. The molecule has 0 aliphatic carbocycles. The zero-order chi connectivity index (χ0) is 21.8. The SMILES string of the molecule is COc1cc(C=Nn2c(Cc3cccc4ccccc34)n[nH]c2=S)ccc1OC(F)F. The molecule has 158 valence electrons. The van der Waals surface area contributed by atoms with E-state index in [0.717, 1.165) is 16.3 Å². The predicted octanol–water partition coefficient (Wildman–Crippen LogP) is 5.18. The van der Waals surface area contributed by atoms with Gasteiger partial charge in [-0.15, -0.1) is 0 Å². The van der Waals surface area contributed by atoms with Crippen LogP contribution in [0.2, 0.25) is 0 Å². The highest BCUT2D eigenvalue weighted by atomic mass is 32.1. The third kappa shape index (κ3) is 4.61. The van der Waals surface area contributed by atoms with Gasteiger partial charge in [-0.2, -0.15) is 23.7 Å².